The lowest BCUT2D eigenvalue weighted by Gasteiger charge is -2.49. The Morgan fingerprint density at radius 2 is 2.32 bits per heavy atom. The Kier molecular flexibility index (Phi) is 7.14. The molecule has 2 aliphatic rings. The number of thioether (sulfide) groups is 2. The molecule has 2 aromatic rings. The molecule has 1 fully saturated rings. The summed E-state index contributed by atoms with van der Waals surface area (Å²) in [6, 6.07) is -0.912. The fourth-order valence-corrected chi connectivity index (χ4v) is 6.16. The van der Waals surface area contributed by atoms with Crippen molar-refractivity contribution in [1.29, 1.82) is 0 Å². The molecule has 2 atom stereocenters. The number of tetrazole rings is 1. The molecule has 1 saturated heterocycles. The molecule has 2 aromatic heterocycles. The highest BCUT2D eigenvalue weighted by molar-refractivity contribution is 8.01. The maximum atomic E-state index is 12.9. The Morgan fingerprint density at radius 3 is 3.00 bits per heavy atom. The molecule has 1 unspecified atom stereocenters. The second-order valence-corrected chi connectivity index (χ2v) is 9.49. The van der Waals surface area contributed by atoms with Crippen LogP contribution in [0, 0.1) is 12.3 Å². The normalized spacial score (nSPS) is 19.8. The predicted octanol–water partition coefficient (Wildman–Crippen LogP) is -0.356. The second-order valence-electron chi connectivity index (χ2n) is 6.73. The number of thiazole rings is 1. The molecule has 16 heteroatoms. The van der Waals surface area contributed by atoms with Crippen LogP contribution in [-0.2, 0) is 25.8 Å². The van der Waals surface area contributed by atoms with Crippen LogP contribution in [0.4, 0.5) is 0 Å². The van der Waals surface area contributed by atoms with Crippen molar-refractivity contribution in [3.63, 3.8) is 0 Å². The lowest BCUT2D eigenvalue weighted by Crippen LogP contribution is -2.71. The number of carboxylic acids is 1. The number of hydrogen-bond acceptors (Lipinski definition) is 12. The van der Waals surface area contributed by atoms with Crippen molar-refractivity contribution in [1.82, 2.24) is 35.4 Å². The molecule has 2 N–H and O–H groups in total. The molecule has 13 nitrogen and oxygen atoms in total. The first-order valence-corrected chi connectivity index (χ1v) is 12.5. The van der Waals surface area contributed by atoms with Crippen LogP contribution in [0.2, 0.25) is 0 Å². The zero-order valence-corrected chi connectivity index (χ0v) is 19.9. The van der Waals surface area contributed by atoms with Crippen molar-refractivity contribution in [2.24, 2.45) is 5.16 Å². The summed E-state index contributed by atoms with van der Waals surface area (Å²) in [6.45, 7) is 0.179. The van der Waals surface area contributed by atoms with Crippen molar-refractivity contribution in [2.45, 2.75) is 23.1 Å². The lowest BCUT2D eigenvalue weighted by molar-refractivity contribution is -0.150. The highest BCUT2D eigenvalue weighted by Gasteiger charge is 2.54. The molecule has 0 radical (unpaired) electrons. The number of hydrogen-bond donors (Lipinski definition) is 2. The average Bonchev–Trinajstić information content (AvgIpc) is 3.51. The number of carbonyl (C=O) groups is 3. The Bertz CT molecular complexity index is 1220. The summed E-state index contributed by atoms with van der Waals surface area (Å²) >= 11 is 3.85. The maximum Gasteiger partial charge on any atom is 0.352 e. The van der Waals surface area contributed by atoms with E-state index in [1.165, 1.54) is 57.1 Å². The molecule has 176 valence electrons. The quantitative estimate of drug-likeness (QED) is 0.146. The van der Waals surface area contributed by atoms with Gasteiger partial charge in [0, 0.05) is 16.9 Å². The fraction of sp³-hybridized carbons (Fsp3) is 0.333. The Balaban J connectivity index is 1.48. The number of amides is 2. The van der Waals surface area contributed by atoms with Gasteiger partial charge in [-0.3, -0.25) is 14.5 Å². The van der Waals surface area contributed by atoms with Gasteiger partial charge in [-0.15, -0.1) is 34.6 Å². The van der Waals surface area contributed by atoms with Gasteiger partial charge in [0.25, 0.3) is 11.8 Å². The van der Waals surface area contributed by atoms with E-state index in [4.69, 9.17) is 11.3 Å². The van der Waals surface area contributed by atoms with Crippen LogP contribution in [0.3, 0.4) is 0 Å². The molecule has 34 heavy (non-hydrogen) atoms. The Labute approximate surface area is 205 Å². The van der Waals surface area contributed by atoms with Crippen LogP contribution in [0.5, 0.6) is 0 Å². The van der Waals surface area contributed by atoms with E-state index in [0.717, 1.165) is 0 Å². The molecular formula is C18H16N8O5S3. The van der Waals surface area contributed by atoms with Crippen LogP contribution in [0.25, 0.3) is 0 Å². The first kappa shape index (κ1) is 23.7. The summed E-state index contributed by atoms with van der Waals surface area (Å²) in [5.41, 5.74) is 2.20. The van der Waals surface area contributed by atoms with Gasteiger partial charge in [0.15, 0.2) is 5.71 Å². The van der Waals surface area contributed by atoms with E-state index in [0.29, 0.717) is 22.2 Å². The SMILES string of the molecule is C#CCn1nnnc1SCC1=C(C(=O)O)N2C(=O)C(NC(=O)C(=NOC)c3cscn3)[C@@H]2SC1. The van der Waals surface area contributed by atoms with Gasteiger partial charge in [-0.1, -0.05) is 22.8 Å². The van der Waals surface area contributed by atoms with E-state index in [1.54, 1.807) is 5.38 Å². The number of carbonyl (C=O) groups excluding carboxylic acids is 2. The zero-order valence-electron chi connectivity index (χ0n) is 17.4. The number of carboxylic acid groups (broad SMARTS) is 1. The van der Waals surface area contributed by atoms with E-state index in [-0.39, 0.29) is 23.7 Å². The second kappa shape index (κ2) is 10.2. The third kappa shape index (κ3) is 4.49. The third-order valence-electron chi connectivity index (χ3n) is 4.72. The third-order valence-corrected chi connectivity index (χ3v) is 7.69. The van der Waals surface area contributed by atoms with Crippen LogP contribution in [0.15, 0.2) is 32.5 Å². The number of terminal acetylenes is 1. The predicted molar refractivity (Wildman–Crippen MR) is 123 cm³/mol. The highest BCUT2D eigenvalue weighted by atomic mass is 32.2. The van der Waals surface area contributed by atoms with E-state index >= 15 is 0 Å². The smallest absolute Gasteiger partial charge is 0.352 e. The summed E-state index contributed by atoms with van der Waals surface area (Å²) in [5, 5.41) is 28.9. The van der Waals surface area contributed by atoms with Gasteiger partial charge >= 0.3 is 5.97 Å². The summed E-state index contributed by atoms with van der Waals surface area (Å²) in [5.74, 6) is 0.630. The van der Waals surface area contributed by atoms with Crippen molar-refractivity contribution in [3.8, 4) is 12.3 Å². The summed E-state index contributed by atoms with van der Waals surface area (Å²) < 4.78 is 1.42. The van der Waals surface area contributed by atoms with Crippen molar-refractivity contribution in [2.75, 3.05) is 18.6 Å². The van der Waals surface area contributed by atoms with E-state index in [9.17, 15) is 19.5 Å². The van der Waals surface area contributed by atoms with E-state index < -0.39 is 29.2 Å². The van der Waals surface area contributed by atoms with Crippen LogP contribution in [-0.4, -0.2) is 88.7 Å². The van der Waals surface area contributed by atoms with Crippen LogP contribution < -0.4 is 5.32 Å². The number of β-lactam (4-membered cyclic amide) rings is 1. The van der Waals surface area contributed by atoms with E-state index in [1.807, 2.05) is 0 Å². The molecule has 2 aliphatic heterocycles. The largest absolute Gasteiger partial charge is 0.477 e. The Morgan fingerprint density at radius 1 is 1.50 bits per heavy atom. The first-order valence-electron chi connectivity index (χ1n) is 9.49. The molecule has 4 heterocycles. The molecule has 0 aliphatic carbocycles. The molecule has 0 spiro atoms. The number of aliphatic carboxylic acids is 1. The van der Waals surface area contributed by atoms with Crippen molar-refractivity contribution < 1.29 is 24.3 Å². The monoisotopic (exact) mass is 520 g/mol. The molecule has 0 saturated carbocycles. The minimum absolute atomic E-state index is 0.0772. The molecule has 0 bridgehead atoms. The summed E-state index contributed by atoms with van der Waals surface area (Å²) in [4.78, 5) is 47.6. The summed E-state index contributed by atoms with van der Waals surface area (Å²) in [6.07, 6.45) is 5.30. The number of rotatable bonds is 9. The molecular weight excluding hydrogens is 504 g/mol. The van der Waals surface area contributed by atoms with Gasteiger partial charge in [0.1, 0.15) is 36.5 Å². The number of aromatic nitrogens is 5. The first-order chi connectivity index (χ1) is 16.5. The minimum Gasteiger partial charge on any atom is -0.477 e. The van der Waals surface area contributed by atoms with Gasteiger partial charge in [-0.2, -0.15) is 0 Å². The summed E-state index contributed by atoms with van der Waals surface area (Å²) in [7, 11) is 1.29. The fourth-order valence-electron chi connectivity index (χ4n) is 3.27. The topological polar surface area (TPSA) is 165 Å². The van der Waals surface area contributed by atoms with Gasteiger partial charge in [0.05, 0.1) is 5.51 Å². The zero-order chi connectivity index (χ0) is 24.2. The molecule has 2 amide bonds. The van der Waals surface area contributed by atoms with Gasteiger partial charge < -0.3 is 15.3 Å². The van der Waals surface area contributed by atoms with Gasteiger partial charge in [-0.05, 0) is 16.0 Å². The van der Waals surface area contributed by atoms with E-state index in [2.05, 4.69) is 36.9 Å². The minimum atomic E-state index is -1.23. The maximum absolute atomic E-state index is 12.9. The van der Waals surface area contributed by atoms with Crippen molar-refractivity contribution >= 4 is 58.4 Å². The number of fused-ring (bicyclic) bond motifs is 1. The van der Waals surface area contributed by atoms with Crippen LogP contribution >= 0.6 is 34.9 Å². The standard InChI is InChI=1S/C18H16N8O5S3/c1-3-4-25-18(21-23-24-25)34-6-9-5-33-16-12(15(28)26(16)13(9)17(29)30)20-14(27)11(22-31-2)10-7-32-8-19-10/h1,7-8,12,16H,4-6H2,2H3,(H,20,27)(H,29,30)/t12?,16-/m0/s1. The van der Waals surface area contributed by atoms with Crippen molar-refractivity contribution in [3.05, 3.63) is 27.9 Å². The number of nitrogens with one attached hydrogen (secondary N) is 1. The molecule has 4 rings (SSSR count). The van der Waals surface area contributed by atoms with Crippen LogP contribution in [0.1, 0.15) is 5.69 Å². The average molecular weight is 521 g/mol. The number of oxime groups is 1. The Hall–Kier alpha value is -3.42. The van der Waals surface area contributed by atoms with Gasteiger partial charge in [-0.25, -0.2) is 14.5 Å². The highest BCUT2D eigenvalue weighted by Crippen LogP contribution is 2.41. The lowest BCUT2D eigenvalue weighted by atomic mass is 10.0. The number of nitrogens with zero attached hydrogens (tertiary/aromatic N) is 7. The molecule has 0 aromatic carbocycles. The van der Waals surface area contributed by atoms with Gasteiger partial charge in [0.2, 0.25) is 5.16 Å².